The van der Waals surface area contributed by atoms with Gasteiger partial charge >= 0.3 is 12.1 Å². The van der Waals surface area contributed by atoms with Crippen LogP contribution in [0.4, 0.5) is 4.79 Å². The van der Waals surface area contributed by atoms with Gasteiger partial charge in [0.25, 0.3) is 0 Å². The van der Waals surface area contributed by atoms with Gasteiger partial charge in [0.1, 0.15) is 6.04 Å². The van der Waals surface area contributed by atoms with E-state index in [0.29, 0.717) is 6.61 Å². The Morgan fingerprint density at radius 3 is 2.11 bits per heavy atom. The van der Waals surface area contributed by atoms with Gasteiger partial charge in [0, 0.05) is 0 Å². The SMILES string of the molecule is CCOC(=O)NC(C(=O)OCC(C)C)C(C)(C)C. The standard InChI is InChI=1S/C13H25NO4/c1-7-17-12(16)14-10(13(4,5)6)11(15)18-8-9(2)3/h9-10H,7-8H2,1-6H3,(H,14,16). The first kappa shape index (κ1) is 16.7. The van der Waals surface area contributed by atoms with E-state index >= 15 is 0 Å². The molecule has 0 radical (unpaired) electrons. The van der Waals surface area contributed by atoms with Crippen molar-refractivity contribution in [3.05, 3.63) is 0 Å². The number of esters is 1. The summed E-state index contributed by atoms with van der Waals surface area (Å²) in [6, 6.07) is -0.713. The molecule has 0 aliphatic heterocycles. The van der Waals surface area contributed by atoms with Crippen molar-refractivity contribution >= 4 is 12.1 Å². The minimum absolute atomic E-state index is 0.261. The minimum Gasteiger partial charge on any atom is -0.464 e. The fraction of sp³-hybridized carbons (Fsp3) is 0.846. The van der Waals surface area contributed by atoms with Crippen LogP contribution in [0, 0.1) is 11.3 Å². The molecule has 0 saturated carbocycles. The molecule has 1 atom stereocenters. The molecule has 0 fully saturated rings. The predicted octanol–water partition coefficient (Wildman–Crippen LogP) is 2.35. The number of alkyl carbamates (subject to hydrolysis) is 1. The van der Waals surface area contributed by atoms with E-state index in [9.17, 15) is 9.59 Å². The fourth-order valence-electron chi connectivity index (χ4n) is 1.25. The van der Waals surface area contributed by atoms with Crippen molar-refractivity contribution in [3.63, 3.8) is 0 Å². The molecule has 1 N–H and O–H groups in total. The van der Waals surface area contributed by atoms with Crippen molar-refractivity contribution in [3.8, 4) is 0 Å². The number of nitrogens with one attached hydrogen (secondary N) is 1. The second-order valence-electron chi connectivity index (χ2n) is 5.69. The molecule has 1 unspecified atom stereocenters. The van der Waals surface area contributed by atoms with E-state index in [1.165, 1.54) is 0 Å². The largest absolute Gasteiger partial charge is 0.464 e. The third-order valence-corrected chi connectivity index (χ3v) is 2.20. The molecule has 0 aromatic rings. The number of ether oxygens (including phenoxy) is 2. The number of hydrogen-bond acceptors (Lipinski definition) is 4. The first-order valence-corrected chi connectivity index (χ1v) is 6.28. The highest BCUT2D eigenvalue weighted by atomic mass is 16.6. The highest BCUT2D eigenvalue weighted by molar-refractivity contribution is 5.82. The van der Waals surface area contributed by atoms with Gasteiger partial charge in [-0.25, -0.2) is 9.59 Å². The lowest BCUT2D eigenvalue weighted by atomic mass is 9.87. The van der Waals surface area contributed by atoms with Crippen LogP contribution >= 0.6 is 0 Å². The summed E-state index contributed by atoms with van der Waals surface area (Å²) in [6.45, 7) is 11.8. The van der Waals surface area contributed by atoms with Crippen molar-refractivity contribution in [2.45, 2.75) is 47.6 Å². The van der Waals surface area contributed by atoms with Gasteiger partial charge in [-0.05, 0) is 18.3 Å². The van der Waals surface area contributed by atoms with Gasteiger partial charge in [0.2, 0.25) is 0 Å². The Balaban J connectivity index is 4.59. The first-order valence-electron chi connectivity index (χ1n) is 6.28. The number of carbonyl (C=O) groups excluding carboxylic acids is 2. The fourth-order valence-corrected chi connectivity index (χ4v) is 1.25. The Morgan fingerprint density at radius 1 is 1.17 bits per heavy atom. The average molecular weight is 259 g/mol. The van der Waals surface area contributed by atoms with Crippen LogP contribution in [0.3, 0.4) is 0 Å². The molecule has 0 aromatic carbocycles. The summed E-state index contributed by atoms with van der Waals surface area (Å²) in [6.07, 6.45) is -0.598. The van der Waals surface area contributed by atoms with E-state index in [1.54, 1.807) is 6.92 Å². The van der Waals surface area contributed by atoms with Crippen LogP contribution in [0.2, 0.25) is 0 Å². The van der Waals surface area contributed by atoms with Crippen molar-refractivity contribution in [2.24, 2.45) is 11.3 Å². The van der Waals surface area contributed by atoms with Gasteiger partial charge in [-0.1, -0.05) is 34.6 Å². The molecule has 106 valence electrons. The van der Waals surface area contributed by atoms with E-state index in [1.807, 2.05) is 34.6 Å². The van der Waals surface area contributed by atoms with E-state index in [-0.39, 0.29) is 12.5 Å². The summed E-state index contributed by atoms with van der Waals surface area (Å²) in [5.41, 5.74) is -0.430. The molecule has 18 heavy (non-hydrogen) atoms. The summed E-state index contributed by atoms with van der Waals surface area (Å²) in [5.74, 6) is -0.165. The summed E-state index contributed by atoms with van der Waals surface area (Å²) < 4.78 is 9.95. The molecule has 0 aliphatic carbocycles. The number of hydrogen-bond donors (Lipinski definition) is 1. The van der Waals surface area contributed by atoms with E-state index < -0.39 is 23.5 Å². The Labute approximate surface area is 109 Å². The monoisotopic (exact) mass is 259 g/mol. The molecule has 0 rings (SSSR count). The molecule has 5 heteroatoms. The second-order valence-corrected chi connectivity index (χ2v) is 5.69. The molecule has 1 amide bonds. The third-order valence-electron chi connectivity index (χ3n) is 2.20. The maximum Gasteiger partial charge on any atom is 0.407 e. The lowest BCUT2D eigenvalue weighted by Gasteiger charge is -2.29. The highest BCUT2D eigenvalue weighted by Crippen LogP contribution is 2.20. The molecule has 0 spiro atoms. The summed E-state index contributed by atoms with van der Waals surface area (Å²) in [4.78, 5) is 23.3. The Morgan fingerprint density at radius 2 is 1.72 bits per heavy atom. The average Bonchev–Trinajstić information content (AvgIpc) is 2.21. The zero-order valence-corrected chi connectivity index (χ0v) is 12.2. The lowest BCUT2D eigenvalue weighted by Crippen LogP contribution is -2.50. The van der Waals surface area contributed by atoms with Crippen molar-refractivity contribution in [2.75, 3.05) is 13.2 Å². The second kappa shape index (κ2) is 7.24. The van der Waals surface area contributed by atoms with Crippen LogP contribution in [0.1, 0.15) is 41.5 Å². The van der Waals surface area contributed by atoms with Crippen LogP contribution in [0.25, 0.3) is 0 Å². The van der Waals surface area contributed by atoms with Crippen molar-refractivity contribution in [1.29, 1.82) is 0 Å². The number of amides is 1. The molecule has 0 bridgehead atoms. The predicted molar refractivity (Wildman–Crippen MR) is 69.2 cm³/mol. The van der Waals surface area contributed by atoms with Crippen LogP contribution < -0.4 is 5.32 Å². The number of rotatable bonds is 5. The molecular weight excluding hydrogens is 234 g/mol. The maximum atomic E-state index is 11.9. The van der Waals surface area contributed by atoms with Crippen LogP contribution in [-0.4, -0.2) is 31.3 Å². The first-order chi connectivity index (χ1) is 8.18. The van der Waals surface area contributed by atoms with Gasteiger partial charge < -0.3 is 14.8 Å². The van der Waals surface area contributed by atoms with E-state index in [0.717, 1.165) is 0 Å². The van der Waals surface area contributed by atoms with Gasteiger partial charge in [0.15, 0.2) is 0 Å². The number of carbonyl (C=O) groups is 2. The van der Waals surface area contributed by atoms with Gasteiger partial charge in [-0.15, -0.1) is 0 Å². The lowest BCUT2D eigenvalue weighted by molar-refractivity contribution is -0.150. The van der Waals surface area contributed by atoms with Crippen molar-refractivity contribution < 1.29 is 19.1 Å². The maximum absolute atomic E-state index is 11.9. The van der Waals surface area contributed by atoms with Crippen LogP contribution in [0.5, 0.6) is 0 Å². The molecule has 0 heterocycles. The highest BCUT2D eigenvalue weighted by Gasteiger charge is 2.34. The molecule has 0 saturated heterocycles. The quantitative estimate of drug-likeness (QED) is 0.770. The van der Waals surface area contributed by atoms with Crippen LogP contribution in [-0.2, 0) is 14.3 Å². The van der Waals surface area contributed by atoms with Gasteiger partial charge in [-0.3, -0.25) is 0 Å². The summed E-state index contributed by atoms with van der Waals surface area (Å²) in [5, 5.41) is 2.55. The molecule has 0 aromatic heterocycles. The Bertz CT molecular complexity index is 281. The summed E-state index contributed by atoms with van der Waals surface area (Å²) >= 11 is 0. The van der Waals surface area contributed by atoms with Crippen LogP contribution in [0.15, 0.2) is 0 Å². The normalized spacial score (nSPS) is 13.1. The topological polar surface area (TPSA) is 64.6 Å². The van der Waals surface area contributed by atoms with Gasteiger partial charge in [-0.2, -0.15) is 0 Å². The van der Waals surface area contributed by atoms with E-state index in [2.05, 4.69) is 5.32 Å². The minimum atomic E-state index is -0.713. The molecule has 5 nitrogen and oxygen atoms in total. The zero-order chi connectivity index (χ0) is 14.3. The zero-order valence-electron chi connectivity index (χ0n) is 12.2. The van der Waals surface area contributed by atoms with Gasteiger partial charge in [0.05, 0.1) is 13.2 Å². The molecular formula is C13H25NO4. The Kier molecular flexibility index (Phi) is 6.73. The summed E-state index contributed by atoms with van der Waals surface area (Å²) in [7, 11) is 0. The smallest absolute Gasteiger partial charge is 0.407 e. The van der Waals surface area contributed by atoms with Crippen molar-refractivity contribution in [1.82, 2.24) is 5.32 Å². The third kappa shape index (κ3) is 6.47. The van der Waals surface area contributed by atoms with E-state index in [4.69, 9.17) is 9.47 Å². The molecule has 0 aliphatic rings. The Hall–Kier alpha value is -1.26.